The van der Waals surface area contributed by atoms with Crippen LogP contribution in [0.1, 0.15) is 53.7 Å². The third kappa shape index (κ3) is 5.67. The van der Waals surface area contributed by atoms with Crippen molar-refractivity contribution in [3.05, 3.63) is 113 Å². The Morgan fingerprint density at radius 1 is 1.07 bits per heavy atom. The van der Waals surface area contributed by atoms with Crippen molar-refractivity contribution in [2.24, 2.45) is 13.0 Å². The summed E-state index contributed by atoms with van der Waals surface area (Å²) in [4.78, 5) is 20.0. The van der Waals surface area contributed by atoms with E-state index in [1.807, 2.05) is 36.0 Å². The maximum absolute atomic E-state index is 14.0. The Kier molecular flexibility index (Phi) is 7.21. The van der Waals surface area contributed by atoms with E-state index in [0.717, 1.165) is 35.6 Å². The van der Waals surface area contributed by atoms with Crippen molar-refractivity contribution in [1.29, 1.82) is 0 Å². The predicted octanol–water partition coefficient (Wildman–Crippen LogP) is 5.39. The van der Waals surface area contributed by atoms with Gasteiger partial charge < -0.3 is 9.47 Å². The minimum Gasteiger partial charge on any atom is -0.337 e. The summed E-state index contributed by atoms with van der Waals surface area (Å²) < 4.78 is 58.2. The molecule has 0 aliphatic heterocycles. The van der Waals surface area contributed by atoms with Gasteiger partial charge in [-0.05, 0) is 90.8 Å². The maximum atomic E-state index is 14.0. The number of nitrogens with one attached hydrogen (secondary N) is 1. The number of carbonyl (C=O) groups is 1. The normalized spacial score (nSPS) is 19.9. The quantitative estimate of drug-likeness (QED) is 0.305. The van der Waals surface area contributed by atoms with Crippen molar-refractivity contribution in [2.45, 2.75) is 49.1 Å². The maximum Gasteiger partial charge on any atom is 0.241 e. The van der Waals surface area contributed by atoms with Crippen molar-refractivity contribution in [1.82, 2.24) is 14.3 Å². The number of sulfonamides is 1. The lowest BCUT2D eigenvalue weighted by atomic mass is 9.87. The van der Waals surface area contributed by atoms with Crippen molar-refractivity contribution < 1.29 is 22.0 Å². The first-order valence-corrected chi connectivity index (χ1v) is 15.1. The molecule has 212 valence electrons. The molecule has 1 fully saturated rings. The predicted molar refractivity (Wildman–Crippen MR) is 150 cm³/mol. The number of benzene rings is 3. The summed E-state index contributed by atoms with van der Waals surface area (Å²) >= 11 is 0. The number of hydrogen-bond acceptors (Lipinski definition) is 4. The Balaban J connectivity index is 1.31. The van der Waals surface area contributed by atoms with E-state index in [1.165, 1.54) is 30.3 Å². The van der Waals surface area contributed by atoms with Gasteiger partial charge in [0.2, 0.25) is 15.9 Å². The summed E-state index contributed by atoms with van der Waals surface area (Å²) in [7, 11) is -2.11. The number of aryl methyl sites for hydroxylation is 2. The number of halogens is 2. The summed E-state index contributed by atoms with van der Waals surface area (Å²) in [5.41, 5.74) is 3.39. The highest BCUT2D eigenvalue weighted by Gasteiger charge is 2.46. The minimum absolute atomic E-state index is 0.00965. The zero-order valence-electron chi connectivity index (χ0n) is 22.5. The van der Waals surface area contributed by atoms with Gasteiger partial charge in [0, 0.05) is 37.1 Å². The van der Waals surface area contributed by atoms with Gasteiger partial charge in [-0.3, -0.25) is 4.79 Å². The Hall–Kier alpha value is -3.89. The van der Waals surface area contributed by atoms with Crippen LogP contribution in [0.15, 0.2) is 84.0 Å². The number of aromatic nitrogens is 2. The lowest BCUT2D eigenvalue weighted by Crippen LogP contribution is -2.34. The minimum atomic E-state index is -3.98. The summed E-state index contributed by atoms with van der Waals surface area (Å²) in [5.74, 6) is -0.533. The molecular formula is C31H30F2N4O3S. The second-order valence-corrected chi connectivity index (χ2v) is 12.5. The molecule has 1 amide bonds. The van der Waals surface area contributed by atoms with Gasteiger partial charge in [0.15, 0.2) is 0 Å². The molecule has 10 heteroatoms. The van der Waals surface area contributed by atoms with Crippen LogP contribution in [0.2, 0.25) is 0 Å². The van der Waals surface area contributed by atoms with Crippen molar-refractivity contribution in [3.63, 3.8) is 0 Å². The second-order valence-electron chi connectivity index (χ2n) is 10.8. The third-order valence-electron chi connectivity index (χ3n) is 8.05. The molecule has 0 bridgehead atoms. The van der Waals surface area contributed by atoms with Crippen LogP contribution in [0.5, 0.6) is 0 Å². The van der Waals surface area contributed by atoms with Crippen LogP contribution < -0.4 is 9.62 Å². The van der Waals surface area contributed by atoms with E-state index in [1.54, 1.807) is 23.2 Å². The number of amides is 1. The van der Waals surface area contributed by atoms with Crippen LogP contribution >= 0.6 is 0 Å². The number of fused-ring (bicyclic) bond motifs is 1. The summed E-state index contributed by atoms with van der Waals surface area (Å²) in [6.45, 7) is 0.243. The lowest BCUT2D eigenvalue weighted by Gasteiger charge is -2.29. The number of imidazole rings is 1. The average molecular weight is 577 g/mol. The third-order valence-corrected chi connectivity index (χ3v) is 9.52. The number of rotatable bonds is 8. The van der Waals surface area contributed by atoms with Crippen molar-refractivity contribution in [2.75, 3.05) is 4.90 Å². The van der Waals surface area contributed by atoms with E-state index in [9.17, 15) is 22.0 Å². The largest absolute Gasteiger partial charge is 0.337 e. The first-order valence-electron chi connectivity index (χ1n) is 13.6. The smallest absolute Gasteiger partial charge is 0.241 e. The van der Waals surface area contributed by atoms with Gasteiger partial charge in [0.05, 0.1) is 11.4 Å². The first-order chi connectivity index (χ1) is 19.7. The van der Waals surface area contributed by atoms with Gasteiger partial charge in [-0.25, -0.2) is 26.9 Å². The van der Waals surface area contributed by atoms with Gasteiger partial charge >= 0.3 is 0 Å². The van der Waals surface area contributed by atoms with E-state index in [0.29, 0.717) is 24.4 Å². The Morgan fingerprint density at radius 2 is 1.88 bits per heavy atom. The summed E-state index contributed by atoms with van der Waals surface area (Å²) in [6, 6.07) is 16.4. The molecule has 41 heavy (non-hydrogen) atoms. The molecule has 4 aromatic rings. The molecule has 0 radical (unpaired) electrons. The first kappa shape index (κ1) is 27.3. The Bertz CT molecular complexity index is 1700. The van der Waals surface area contributed by atoms with Crippen LogP contribution in [-0.4, -0.2) is 23.9 Å². The molecule has 2 aliphatic carbocycles. The molecule has 1 N–H and O–H groups in total. The molecule has 3 aromatic carbocycles. The zero-order chi connectivity index (χ0) is 28.7. The van der Waals surface area contributed by atoms with Crippen LogP contribution in [0.3, 0.4) is 0 Å². The van der Waals surface area contributed by atoms with Gasteiger partial charge in [-0.15, -0.1) is 0 Å². The molecule has 7 nitrogen and oxygen atoms in total. The van der Waals surface area contributed by atoms with Crippen molar-refractivity contribution >= 4 is 21.6 Å². The summed E-state index contributed by atoms with van der Waals surface area (Å²) in [5, 5.41) is 0. The Morgan fingerprint density at radius 3 is 2.61 bits per heavy atom. The molecule has 0 unspecified atom stereocenters. The van der Waals surface area contributed by atoms with E-state index in [-0.39, 0.29) is 35.0 Å². The van der Waals surface area contributed by atoms with E-state index >= 15 is 0 Å². The average Bonchev–Trinajstić information content (AvgIpc) is 3.66. The van der Waals surface area contributed by atoms with E-state index < -0.39 is 21.9 Å². The van der Waals surface area contributed by atoms with Gasteiger partial charge in [-0.2, -0.15) is 0 Å². The highest BCUT2D eigenvalue weighted by Crippen LogP contribution is 2.49. The molecule has 1 heterocycles. The van der Waals surface area contributed by atoms with Crippen LogP contribution in [0, 0.1) is 17.6 Å². The monoisotopic (exact) mass is 576 g/mol. The molecule has 0 spiro atoms. The highest BCUT2D eigenvalue weighted by atomic mass is 32.2. The number of nitrogens with zero attached hydrogens (tertiary/aromatic N) is 3. The standard InChI is InChI=1S/C31H30F2N4O3S/c1-36-15-14-34-30(36)19-37(31(38)28-18-26(28)21-8-11-22(32)12-9-21)24-13-10-20-4-2-7-29(27(20)17-24)35-41(39,40)25-6-3-5-23(33)16-25/h3,5-6,8-17,26,28-29,35H,2,4,7,18-19H2,1H3/t26-,28-,29+/m1/s1. The SMILES string of the molecule is Cn1ccnc1CN(C(=O)[C@@H]1C[C@@H]1c1ccc(F)cc1)c1ccc2c(c1)[C@@H](NS(=O)(=O)c1cccc(F)c1)CCC2. The summed E-state index contributed by atoms with van der Waals surface area (Å²) in [6.07, 6.45) is 6.33. The highest BCUT2D eigenvalue weighted by molar-refractivity contribution is 7.89. The fraction of sp³-hybridized carbons (Fsp3) is 0.290. The Labute approximate surface area is 237 Å². The number of hydrogen-bond donors (Lipinski definition) is 1. The van der Waals surface area contributed by atoms with E-state index in [4.69, 9.17) is 0 Å². The number of carbonyl (C=O) groups excluding carboxylic acids is 1. The van der Waals surface area contributed by atoms with Gasteiger partial charge in [0.25, 0.3) is 0 Å². The molecule has 1 saturated carbocycles. The molecular weight excluding hydrogens is 546 g/mol. The molecule has 0 saturated heterocycles. The lowest BCUT2D eigenvalue weighted by molar-refractivity contribution is -0.120. The molecule has 3 atom stereocenters. The van der Waals surface area contributed by atoms with Gasteiger partial charge in [-0.1, -0.05) is 24.3 Å². The molecule has 2 aliphatic rings. The van der Waals surface area contributed by atoms with Crippen LogP contribution in [0.25, 0.3) is 0 Å². The van der Waals surface area contributed by atoms with Crippen LogP contribution in [-0.2, 0) is 34.8 Å². The zero-order valence-corrected chi connectivity index (χ0v) is 23.3. The molecule has 6 rings (SSSR count). The number of anilines is 1. The molecule has 1 aromatic heterocycles. The van der Waals surface area contributed by atoms with Gasteiger partial charge in [0.1, 0.15) is 17.5 Å². The second kappa shape index (κ2) is 10.8. The topological polar surface area (TPSA) is 84.3 Å². The van der Waals surface area contributed by atoms with Crippen molar-refractivity contribution in [3.8, 4) is 0 Å². The fourth-order valence-electron chi connectivity index (χ4n) is 5.70. The van der Waals surface area contributed by atoms with Crippen LogP contribution in [0.4, 0.5) is 14.5 Å². The van der Waals surface area contributed by atoms with E-state index in [2.05, 4.69) is 9.71 Å². The fourth-order valence-corrected chi connectivity index (χ4v) is 6.98.